The van der Waals surface area contributed by atoms with Crippen molar-refractivity contribution >= 4 is 27.8 Å². The molecule has 0 bridgehead atoms. The first-order valence-electron chi connectivity index (χ1n) is 4.39. The molecule has 1 N–H and O–H groups in total. The Morgan fingerprint density at radius 2 is 2.36 bits per heavy atom. The Labute approximate surface area is 90.9 Å². The molecular formula is C9H11N3S2. The lowest BCUT2D eigenvalue weighted by Crippen LogP contribution is -2.04. The van der Waals surface area contributed by atoms with Gasteiger partial charge in [0.05, 0.1) is 10.7 Å². The summed E-state index contributed by atoms with van der Waals surface area (Å²) in [6, 6.07) is 0. The Kier molecular flexibility index (Phi) is 3.10. The van der Waals surface area contributed by atoms with Gasteiger partial charge in [-0.15, -0.1) is 22.7 Å². The van der Waals surface area contributed by atoms with E-state index in [4.69, 9.17) is 0 Å². The molecule has 0 aliphatic carbocycles. The predicted octanol–water partition coefficient (Wildman–Crippen LogP) is 2.56. The van der Waals surface area contributed by atoms with E-state index in [1.807, 2.05) is 23.9 Å². The monoisotopic (exact) mass is 225 g/mol. The lowest BCUT2D eigenvalue weighted by molar-refractivity contribution is 0.992. The van der Waals surface area contributed by atoms with E-state index in [1.54, 1.807) is 22.7 Å². The van der Waals surface area contributed by atoms with Gasteiger partial charge in [-0.3, -0.25) is 0 Å². The topological polar surface area (TPSA) is 37.8 Å². The molecule has 0 aliphatic rings. The number of rotatable bonds is 4. The average Bonchev–Trinajstić information content (AvgIpc) is 2.77. The van der Waals surface area contributed by atoms with Crippen molar-refractivity contribution in [3.8, 4) is 0 Å². The third-order valence-electron chi connectivity index (χ3n) is 1.72. The lowest BCUT2D eigenvalue weighted by atomic mass is 10.4. The van der Waals surface area contributed by atoms with Crippen LogP contribution in [0, 0.1) is 6.92 Å². The number of nitrogens with zero attached hydrogens (tertiary/aromatic N) is 2. The van der Waals surface area contributed by atoms with E-state index in [0.29, 0.717) is 0 Å². The van der Waals surface area contributed by atoms with Gasteiger partial charge in [-0.05, 0) is 6.92 Å². The third-order valence-corrected chi connectivity index (χ3v) is 3.47. The van der Waals surface area contributed by atoms with Gasteiger partial charge in [0.2, 0.25) is 0 Å². The second-order valence-electron chi connectivity index (χ2n) is 2.90. The molecule has 2 aromatic rings. The summed E-state index contributed by atoms with van der Waals surface area (Å²) >= 11 is 3.34. The number of hydrogen-bond acceptors (Lipinski definition) is 5. The molecule has 2 rings (SSSR count). The van der Waals surface area contributed by atoms with Crippen molar-refractivity contribution in [3.63, 3.8) is 0 Å². The summed E-state index contributed by atoms with van der Waals surface area (Å²) in [5.74, 6) is 0. The minimum atomic E-state index is 0.903. The van der Waals surface area contributed by atoms with E-state index in [-0.39, 0.29) is 0 Å². The molecule has 14 heavy (non-hydrogen) atoms. The van der Waals surface area contributed by atoms with Crippen molar-refractivity contribution in [2.75, 3.05) is 11.9 Å². The Balaban J connectivity index is 1.78. The second kappa shape index (κ2) is 4.52. The highest BCUT2D eigenvalue weighted by Crippen LogP contribution is 2.14. The van der Waals surface area contributed by atoms with E-state index >= 15 is 0 Å². The van der Waals surface area contributed by atoms with E-state index in [9.17, 15) is 0 Å². The molecule has 0 unspecified atom stereocenters. The summed E-state index contributed by atoms with van der Waals surface area (Å²) in [6.45, 7) is 2.91. The van der Waals surface area contributed by atoms with Gasteiger partial charge < -0.3 is 5.32 Å². The van der Waals surface area contributed by atoms with Gasteiger partial charge >= 0.3 is 0 Å². The van der Waals surface area contributed by atoms with E-state index in [0.717, 1.165) is 23.8 Å². The molecule has 0 spiro atoms. The Hall–Kier alpha value is -0.940. The van der Waals surface area contributed by atoms with Crippen molar-refractivity contribution in [1.82, 2.24) is 9.97 Å². The summed E-state index contributed by atoms with van der Waals surface area (Å²) < 4.78 is 0. The highest BCUT2D eigenvalue weighted by atomic mass is 32.1. The van der Waals surface area contributed by atoms with Crippen LogP contribution in [0.25, 0.3) is 0 Å². The smallest absolute Gasteiger partial charge is 0.182 e. The zero-order valence-electron chi connectivity index (χ0n) is 7.86. The van der Waals surface area contributed by atoms with E-state index in [2.05, 4.69) is 15.3 Å². The molecule has 0 atom stereocenters. The molecule has 74 valence electrons. The van der Waals surface area contributed by atoms with Crippen LogP contribution in [0.5, 0.6) is 0 Å². The standard InChI is InChI=1S/C9H11N3S2/c1-7-6-14-9(12-7)11-3-2-8-10-4-5-13-8/h4-6H,2-3H2,1H3,(H,11,12). The fourth-order valence-corrected chi connectivity index (χ4v) is 2.43. The molecule has 5 heteroatoms. The van der Waals surface area contributed by atoms with Crippen LogP contribution >= 0.6 is 22.7 Å². The van der Waals surface area contributed by atoms with Gasteiger partial charge in [-0.25, -0.2) is 9.97 Å². The first-order valence-corrected chi connectivity index (χ1v) is 6.15. The van der Waals surface area contributed by atoms with Gasteiger partial charge in [-0.1, -0.05) is 0 Å². The zero-order chi connectivity index (χ0) is 9.80. The Bertz CT molecular complexity index is 380. The molecule has 0 amide bonds. The minimum Gasteiger partial charge on any atom is -0.361 e. The van der Waals surface area contributed by atoms with Gasteiger partial charge in [0.25, 0.3) is 0 Å². The van der Waals surface area contributed by atoms with Gasteiger partial charge in [0, 0.05) is 29.9 Å². The summed E-state index contributed by atoms with van der Waals surface area (Å²) in [4.78, 5) is 8.53. The molecule has 0 aromatic carbocycles. The average molecular weight is 225 g/mol. The fraction of sp³-hybridized carbons (Fsp3) is 0.333. The number of thiazole rings is 2. The van der Waals surface area contributed by atoms with Gasteiger partial charge in [0.15, 0.2) is 5.13 Å². The number of aryl methyl sites for hydroxylation is 1. The number of nitrogens with one attached hydrogen (secondary N) is 1. The van der Waals surface area contributed by atoms with E-state index in [1.165, 1.54) is 5.01 Å². The van der Waals surface area contributed by atoms with Crippen molar-refractivity contribution < 1.29 is 0 Å². The maximum absolute atomic E-state index is 4.32. The third kappa shape index (κ3) is 2.52. The van der Waals surface area contributed by atoms with Crippen LogP contribution in [0.15, 0.2) is 17.0 Å². The second-order valence-corrected chi connectivity index (χ2v) is 4.73. The quantitative estimate of drug-likeness (QED) is 0.869. The SMILES string of the molecule is Cc1csc(NCCc2nccs2)n1. The molecule has 3 nitrogen and oxygen atoms in total. The van der Waals surface area contributed by atoms with Crippen molar-refractivity contribution in [2.45, 2.75) is 13.3 Å². The number of hydrogen-bond donors (Lipinski definition) is 1. The normalized spacial score (nSPS) is 10.4. The summed E-state index contributed by atoms with van der Waals surface area (Å²) in [6.07, 6.45) is 2.81. The largest absolute Gasteiger partial charge is 0.361 e. The van der Waals surface area contributed by atoms with Crippen molar-refractivity contribution in [2.24, 2.45) is 0 Å². The maximum atomic E-state index is 4.32. The molecule has 0 radical (unpaired) electrons. The molecule has 2 aromatic heterocycles. The van der Waals surface area contributed by atoms with Crippen LogP contribution in [0.1, 0.15) is 10.7 Å². The molecule has 2 heterocycles. The van der Waals surface area contributed by atoms with Crippen molar-refractivity contribution in [3.05, 3.63) is 27.7 Å². The highest BCUT2D eigenvalue weighted by Gasteiger charge is 1.98. The van der Waals surface area contributed by atoms with Crippen LogP contribution in [-0.2, 0) is 6.42 Å². The summed E-state index contributed by atoms with van der Waals surface area (Å²) in [7, 11) is 0. The number of aromatic nitrogens is 2. The molecule has 0 saturated carbocycles. The van der Waals surface area contributed by atoms with Crippen LogP contribution in [-0.4, -0.2) is 16.5 Å². The first-order chi connectivity index (χ1) is 6.84. The molecular weight excluding hydrogens is 214 g/mol. The van der Waals surface area contributed by atoms with Crippen molar-refractivity contribution in [1.29, 1.82) is 0 Å². The van der Waals surface area contributed by atoms with Gasteiger partial charge in [-0.2, -0.15) is 0 Å². The fourth-order valence-electron chi connectivity index (χ4n) is 1.09. The first kappa shape index (κ1) is 9.61. The molecule has 0 fully saturated rings. The summed E-state index contributed by atoms with van der Waals surface area (Å²) in [5, 5.41) is 9.50. The lowest BCUT2D eigenvalue weighted by Gasteiger charge is -1.98. The van der Waals surface area contributed by atoms with Gasteiger partial charge in [0.1, 0.15) is 0 Å². The van der Waals surface area contributed by atoms with Crippen LogP contribution in [0.4, 0.5) is 5.13 Å². The Morgan fingerprint density at radius 1 is 1.43 bits per heavy atom. The highest BCUT2D eigenvalue weighted by molar-refractivity contribution is 7.13. The molecule has 0 saturated heterocycles. The maximum Gasteiger partial charge on any atom is 0.182 e. The van der Waals surface area contributed by atoms with Crippen LogP contribution in [0.3, 0.4) is 0 Å². The summed E-state index contributed by atoms with van der Waals surface area (Å²) in [5.41, 5.74) is 1.08. The van der Waals surface area contributed by atoms with E-state index < -0.39 is 0 Å². The predicted molar refractivity (Wildman–Crippen MR) is 61.2 cm³/mol. The van der Waals surface area contributed by atoms with Crippen LogP contribution in [0.2, 0.25) is 0 Å². The molecule has 0 aliphatic heterocycles. The minimum absolute atomic E-state index is 0.903. The number of anilines is 1. The Morgan fingerprint density at radius 3 is 3.00 bits per heavy atom. The van der Waals surface area contributed by atoms with Crippen LogP contribution < -0.4 is 5.32 Å². The zero-order valence-corrected chi connectivity index (χ0v) is 9.49.